The molecule has 4 rings (SSSR count). The molecule has 5 nitrogen and oxygen atoms in total. The van der Waals surface area contributed by atoms with Gasteiger partial charge in [-0.25, -0.2) is 0 Å². The normalized spacial score (nSPS) is 18.9. The van der Waals surface area contributed by atoms with Crippen molar-refractivity contribution in [1.82, 2.24) is 9.80 Å². The summed E-state index contributed by atoms with van der Waals surface area (Å²) in [5, 5.41) is 0. The first kappa shape index (κ1) is 17.7. The monoisotopic (exact) mass is 363 g/mol. The standard InChI is InChI=1S/C22H25N3O2/c23-21(26)18-10-12-24(13-11-18)20-14-25(15-20)22(27)19-8-6-17(7-9-19)16-4-2-1-3-5-16/h1-9,18,20H,10-15H2,(H2,23,26). The molecule has 2 aliphatic heterocycles. The molecule has 0 unspecified atom stereocenters. The van der Waals surface area contributed by atoms with E-state index in [1.165, 1.54) is 0 Å². The van der Waals surface area contributed by atoms with Crippen LogP contribution in [0.25, 0.3) is 11.1 Å². The summed E-state index contributed by atoms with van der Waals surface area (Å²) in [6, 6.07) is 18.4. The second-order valence-corrected chi connectivity index (χ2v) is 7.52. The van der Waals surface area contributed by atoms with Crippen LogP contribution < -0.4 is 5.73 Å². The number of carbonyl (C=O) groups is 2. The fourth-order valence-electron chi connectivity index (χ4n) is 4.02. The molecular formula is C22H25N3O2. The van der Waals surface area contributed by atoms with Gasteiger partial charge in [0.2, 0.25) is 5.91 Å². The van der Waals surface area contributed by atoms with Gasteiger partial charge in [-0.05, 0) is 49.2 Å². The van der Waals surface area contributed by atoms with Crippen LogP contribution >= 0.6 is 0 Å². The number of primary amides is 1. The Balaban J connectivity index is 1.31. The van der Waals surface area contributed by atoms with Gasteiger partial charge in [-0.3, -0.25) is 14.5 Å². The number of nitrogens with two attached hydrogens (primary N) is 1. The van der Waals surface area contributed by atoms with Crippen LogP contribution in [0.3, 0.4) is 0 Å². The van der Waals surface area contributed by atoms with Gasteiger partial charge in [0.05, 0.1) is 0 Å². The summed E-state index contributed by atoms with van der Waals surface area (Å²) >= 11 is 0. The number of piperidine rings is 1. The van der Waals surface area contributed by atoms with E-state index in [1.54, 1.807) is 0 Å². The summed E-state index contributed by atoms with van der Waals surface area (Å²) in [5.41, 5.74) is 8.40. The summed E-state index contributed by atoms with van der Waals surface area (Å²) in [6.07, 6.45) is 1.67. The zero-order chi connectivity index (χ0) is 18.8. The minimum absolute atomic E-state index is 0.0159. The number of amides is 2. The predicted octanol–water partition coefficient (Wildman–Crippen LogP) is 2.38. The highest BCUT2D eigenvalue weighted by Crippen LogP contribution is 2.25. The van der Waals surface area contributed by atoms with Crippen molar-refractivity contribution in [3.05, 3.63) is 60.2 Å². The molecule has 2 aromatic carbocycles. The molecule has 2 fully saturated rings. The van der Waals surface area contributed by atoms with Crippen LogP contribution in [0.2, 0.25) is 0 Å². The molecule has 27 heavy (non-hydrogen) atoms. The molecule has 0 aliphatic carbocycles. The molecule has 2 saturated heterocycles. The number of likely N-dealkylation sites (tertiary alicyclic amines) is 2. The summed E-state index contributed by atoms with van der Waals surface area (Å²) in [5.74, 6) is -0.0703. The lowest BCUT2D eigenvalue weighted by atomic mass is 9.93. The van der Waals surface area contributed by atoms with Crippen molar-refractivity contribution >= 4 is 11.8 Å². The Morgan fingerprint density at radius 2 is 1.44 bits per heavy atom. The highest BCUT2D eigenvalue weighted by atomic mass is 16.2. The van der Waals surface area contributed by atoms with E-state index in [-0.39, 0.29) is 17.7 Å². The molecule has 0 atom stereocenters. The lowest BCUT2D eigenvalue weighted by molar-refractivity contribution is -0.123. The first-order valence-corrected chi connectivity index (χ1v) is 9.60. The van der Waals surface area contributed by atoms with Crippen molar-refractivity contribution in [2.75, 3.05) is 26.2 Å². The highest BCUT2D eigenvalue weighted by molar-refractivity contribution is 5.95. The van der Waals surface area contributed by atoms with Crippen molar-refractivity contribution < 1.29 is 9.59 Å². The van der Waals surface area contributed by atoms with Crippen LogP contribution in [0.15, 0.2) is 54.6 Å². The van der Waals surface area contributed by atoms with Crippen LogP contribution in [-0.4, -0.2) is 53.8 Å². The Labute approximate surface area is 159 Å². The van der Waals surface area contributed by atoms with E-state index in [4.69, 9.17) is 5.73 Å². The number of nitrogens with zero attached hydrogens (tertiary/aromatic N) is 2. The first-order chi connectivity index (χ1) is 13.1. The molecule has 0 spiro atoms. The average molecular weight is 363 g/mol. The smallest absolute Gasteiger partial charge is 0.253 e. The van der Waals surface area contributed by atoms with Gasteiger partial charge in [-0.15, -0.1) is 0 Å². The van der Waals surface area contributed by atoms with Crippen LogP contribution in [0.1, 0.15) is 23.2 Å². The van der Waals surface area contributed by atoms with Crippen LogP contribution in [0, 0.1) is 5.92 Å². The Hall–Kier alpha value is -2.66. The number of hydrogen-bond donors (Lipinski definition) is 1. The largest absolute Gasteiger partial charge is 0.369 e. The lowest BCUT2D eigenvalue weighted by Gasteiger charge is -2.47. The van der Waals surface area contributed by atoms with E-state index >= 15 is 0 Å². The molecule has 2 aliphatic rings. The quantitative estimate of drug-likeness (QED) is 0.907. The molecule has 0 radical (unpaired) electrons. The molecule has 2 N–H and O–H groups in total. The van der Waals surface area contributed by atoms with Crippen molar-refractivity contribution in [3.63, 3.8) is 0 Å². The van der Waals surface area contributed by atoms with Crippen molar-refractivity contribution in [2.45, 2.75) is 18.9 Å². The van der Waals surface area contributed by atoms with E-state index < -0.39 is 0 Å². The fraction of sp³-hybridized carbons (Fsp3) is 0.364. The van der Waals surface area contributed by atoms with E-state index in [0.29, 0.717) is 6.04 Å². The van der Waals surface area contributed by atoms with E-state index in [1.807, 2.05) is 47.4 Å². The minimum Gasteiger partial charge on any atom is -0.369 e. The molecule has 2 amide bonds. The third-order valence-corrected chi connectivity index (χ3v) is 5.84. The van der Waals surface area contributed by atoms with E-state index in [2.05, 4.69) is 17.0 Å². The molecule has 0 aromatic heterocycles. The zero-order valence-electron chi connectivity index (χ0n) is 15.4. The van der Waals surface area contributed by atoms with E-state index in [0.717, 1.165) is 55.7 Å². The maximum atomic E-state index is 12.7. The number of rotatable bonds is 4. The minimum atomic E-state index is -0.181. The van der Waals surface area contributed by atoms with Crippen molar-refractivity contribution in [3.8, 4) is 11.1 Å². The van der Waals surface area contributed by atoms with Gasteiger partial charge < -0.3 is 10.6 Å². The number of hydrogen-bond acceptors (Lipinski definition) is 3. The number of carbonyl (C=O) groups excluding carboxylic acids is 2. The summed E-state index contributed by atoms with van der Waals surface area (Å²) in [4.78, 5) is 28.3. The topological polar surface area (TPSA) is 66.6 Å². The Kier molecular flexibility index (Phi) is 4.94. The van der Waals surface area contributed by atoms with E-state index in [9.17, 15) is 9.59 Å². The van der Waals surface area contributed by atoms with Crippen molar-refractivity contribution in [1.29, 1.82) is 0 Å². The SMILES string of the molecule is NC(=O)C1CCN(C2CN(C(=O)c3ccc(-c4ccccc4)cc3)C2)CC1. The second-order valence-electron chi connectivity index (χ2n) is 7.52. The third-order valence-electron chi connectivity index (χ3n) is 5.84. The highest BCUT2D eigenvalue weighted by Gasteiger charge is 2.37. The van der Waals surface area contributed by atoms with Gasteiger partial charge in [-0.1, -0.05) is 42.5 Å². The van der Waals surface area contributed by atoms with Gasteiger partial charge in [0.1, 0.15) is 0 Å². The molecule has 2 heterocycles. The maximum Gasteiger partial charge on any atom is 0.253 e. The first-order valence-electron chi connectivity index (χ1n) is 9.60. The number of benzene rings is 2. The molecular weight excluding hydrogens is 338 g/mol. The van der Waals surface area contributed by atoms with Crippen LogP contribution in [-0.2, 0) is 4.79 Å². The summed E-state index contributed by atoms with van der Waals surface area (Å²) in [6.45, 7) is 3.32. The van der Waals surface area contributed by atoms with Crippen LogP contribution in [0.5, 0.6) is 0 Å². The zero-order valence-corrected chi connectivity index (χ0v) is 15.4. The summed E-state index contributed by atoms with van der Waals surface area (Å²) < 4.78 is 0. The van der Waals surface area contributed by atoms with Gasteiger partial charge in [0.25, 0.3) is 5.91 Å². The van der Waals surface area contributed by atoms with Crippen LogP contribution in [0.4, 0.5) is 0 Å². The average Bonchev–Trinajstić information content (AvgIpc) is 2.68. The maximum absolute atomic E-state index is 12.7. The Morgan fingerprint density at radius 3 is 2.04 bits per heavy atom. The van der Waals surface area contributed by atoms with Gasteiger partial charge in [-0.2, -0.15) is 0 Å². The Morgan fingerprint density at radius 1 is 0.852 bits per heavy atom. The van der Waals surface area contributed by atoms with Gasteiger partial charge in [0.15, 0.2) is 0 Å². The summed E-state index contributed by atoms with van der Waals surface area (Å²) in [7, 11) is 0. The molecule has 140 valence electrons. The van der Waals surface area contributed by atoms with Gasteiger partial charge in [0, 0.05) is 30.6 Å². The molecule has 5 heteroatoms. The van der Waals surface area contributed by atoms with Gasteiger partial charge >= 0.3 is 0 Å². The lowest BCUT2D eigenvalue weighted by Crippen LogP contribution is -2.62. The Bertz CT molecular complexity index is 805. The molecule has 0 saturated carbocycles. The third kappa shape index (κ3) is 3.74. The predicted molar refractivity (Wildman–Crippen MR) is 105 cm³/mol. The molecule has 2 aromatic rings. The fourth-order valence-corrected chi connectivity index (χ4v) is 4.02. The second kappa shape index (κ2) is 7.53. The van der Waals surface area contributed by atoms with Crippen molar-refractivity contribution in [2.24, 2.45) is 11.7 Å². The molecule has 0 bridgehead atoms.